The Balaban J connectivity index is 2.71. The van der Waals surface area contributed by atoms with Crippen LogP contribution in [0.3, 0.4) is 0 Å². The largest absolute Gasteiger partial charge is 0.497 e. The van der Waals surface area contributed by atoms with Crippen molar-refractivity contribution >= 4 is 0 Å². The number of aromatic nitrogens is 1. The second-order valence-electron chi connectivity index (χ2n) is 4.97. The third kappa shape index (κ3) is 2.99. The Bertz CT molecular complexity index is 708. The Morgan fingerprint density at radius 1 is 1.14 bits per heavy atom. The first-order valence-electron chi connectivity index (χ1n) is 7.31. The molecule has 0 unspecified atom stereocenters. The fourth-order valence-corrected chi connectivity index (χ4v) is 2.47. The summed E-state index contributed by atoms with van der Waals surface area (Å²) < 4.78 is 12.5. The molecule has 0 aliphatic carbocycles. The van der Waals surface area contributed by atoms with Crippen molar-refractivity contribution in [2.75, 3.05) is 14.2 Å². The first kappa shape index (κ1) is 16.1. The molecule has 2 aromatic rings. The summed E-state index contributed by atoms with van der Waals surface area (Å²) >= 11 is 0. The molecule has 5 heteroatoms. The lowest BCUT2D eigenvalue weighted by Gasteiger charge is -2.17. The van der Waals surface area contributed by atoms with Gasteiger partial charge in [0.25, 0.3) is 5.56 Å². The molecule has 1 aromatic heterocycles. The summed E-state index contributed by atoms with van der Waals surface area (Å²) in [4.78, 5) is 12.5. The number of hydrogen-bond acceptors (Lipinski definition) is 4. The molecule has 0 spiro atoms. The normalized spacial score (nSPS) is 10.5. The number of rotatable bonds is 6. The van der Waals surface area contributed by atoms with Crippen LogP contribution in [0.5, 0.6) is 11.5 Å². The topological polar surface area (TPSA) is 66.5 Å². The van der Waals surface area contributed by atoms with E-state index in [0.717, 1.165) is 17.7 Å². The van der Waals surface area contributed by atoms with Crippen molar-refractivity contribution in [2.45, 2.75) is 26.4 Å². The van der Waals surface area contributed by atoms with E-state index in [9.17, 15) is 4.79 Å². The van der Waals surface area contributed by atoms with Crippen LogP contribution in [0.25, 0.3) is 11.3 Å². The third-order valence-electron chi connectivity index (χ3n) is 3.60. The maximum absolute atomic E-state index is 12.5. The van der Waals surface area contributed by atoms with Crippen LogP contribution in [0.15, 0.2) is 35.1 Å². The smallest absolute Gasteiger partial charge is 0.255 e. The van der Waals surface area contributed by atoms with Gasteiger partial charge in [-0.3, -0.25) is 4.79 Å². The number of ether oxygens (including phenoxy) is 2. The van der Waals surface area contributed by atoms with Crippen molar-refractivity contribution in [1.82, 2.24) is 4.57 Å². The predicted molar refractivity (Wildman–Crippen MR) is 87.4 cm³/mol. The van der Waals surface area contributed by atoms with E-state index in [0.29, 0.717) is 23.6 Å². The molecular formula is C17H22N2O3. The Kier molecular flexibility index (Phi) is 5.22. The van der Waals surface area contributed by atoms with Crippen molar-refractivity contribution in [3.63, 3.8) is 0 Å². The van der Waals surface area contributed by atoms with Gasteiger partial charge in [0.15, 0.2) is 0 Å². The predicted octanol–water partition coefficient (Wildman–Crippen LogP) is 2.40. The second-order valence-corrected chi connectivity index (χ2v) is 4.97. The van der Waals surface area contributed by atoms with Gasteiger partial charge in [0, 0.05) is 24.2 Å². The summed E-state index contributed by atoms with van der Waals surface area (Å²) in [5.41, 5.74) is 7.84. The van der Waals surface area contributed by atoms with E-state index < -0.39 is 0 Å². The summed E-state index contributed by atoms with van der Waals surface area (Å²) in [6, 6.07) is 9.24. The van der Waals surface area contributed by atoms with Crippen LogP contribution in [0.1, 0.15) is 18.9 Å². The molecule has 0 aliphatic rings. The molecule has 1 aromatic carbocycles. The van der Waals surface area contributed by atoms with Gasteiger partial charge < -0.3 is 19.8 Å². The molecule has 0 bridgehead atoms. The highest BCUT2D eigenvalue weighted by Crippen LogP contribution is 2.33. The van der Waals surface area contributed by atoms with Gasteiger partial charge in [-0.25, -0.2) is 0 Å². The van der Waals surface area contributed by atoms with E-state index in [2.05, 4.69) is 0 Å². The van der Waals surface area contributed by atoms with Gasteiger partial charge in [-0.1, -0.05) is 13.0 Å². The lowest BCUT2D eigenvalue weighted by molar-refractivity contribution is 0.404. The zero-order chi connectivity index (χ0) is 16.1. The van der Waals surface area contributed by atoms with Gasteiger partial charge in [0.05, 0.1) is 19.9 Å². The maximum Gasteiger partial charge on any atom is 0.255 e. The molecule has 0 atom stereocenters. The fraction of sp³-hybridized carbons (Fsp3) is 0.353. The first-order chi connectivity index (χ1) is 10.7. The van der Waals surface area contributed by atoms with Crippen molar-refractivity contribution in [1.29, 1.82) is 0 Å². The summed E-state index contributed by atoms with van der Waals surface area (Å²) in [5, 5.41) is 0. The minimum atomic E-state index is -0.0493. The molecule has 5 nitrogen and oxygen atoms in total. The number of methoxy groups -OCH3 is 2. The summed E-state index contributed by atoms with van der Waals surface area (Å²) in [7, 11) is 3.23. The second kappa shape index (κ2) is 7.13. The van der Waals surface area contributed by atoms with Crippen molar-refractivity contribution < 1.29 is 9.47 Å². The average Bonchev–Trinajstić information content (AvgIpc) is 2.56. The molecule has 0 radical (unpaired) electrons. The molecule has 22 heavy (non-hydrogen) atoms. The molecule has 0 aliphatic heterocycles. The zero-order valence-electron chi connectivity index (χ0n) is 13.3. The van der Waals surface area contributed by atoms with Crippen LogP contribution >= 0.6 is 0 Å². The highest BCUT2D eigenvalue weighted by Gasteiger charge is 2.14. The number of hydrogen-bond donors (Lipinski definition) is 1. The van der Waals surface area contributed by atoms with Gasteiger partial charge >= 0.3 is 0 Å². The van der Waals surface area contributed by atoms with Crippen LogP contribution in [0.4, 0.5) is 0 Å². The lowest BCUT2D eigenvalue weighted by Crippen LogP contribution is -2.26. The fourth-order valence-electron chi connectivity index (χ4n) is 2.47. The Morgan fingerprint density at radius 3 is 2.50 bits per heavy atom. The maximum atomic E-state index is 12.5. The molecule has 2 N–H and O–H groups in total. The molecule has 118 valence electrons. The average molecular weight is 302 g/mol. The van der Waals surface area contributed by atoms with Crippen molar-refractivity contribution in [3.05, 3.63) is 46.2 Å². The van der Waals surface area contributed by atoms with E-state index >= 15 is 0 Å². The lowest BCUT2D eigenvalue weighted by atomic mass is 10.1. The molecule has 2 rings (SSSR count). The summed E-state index contributed by atoms with van der Waals surface area (Å²) in [6.45, 7) is 2.90. The van der Waals surface area contributed by atoms with E-state index in [-0.39, 0.29) is 12.1 Å². The van der Waals surface area contributed by atoms with Gasteiger partial charge in [-0.05, 0) is 30.7 Å². The first-order valence-corrected chi connectivity index (χ1v) is 7.31. The van der Waals surface area contributed by atoms with Gasteiger partial charge in [-0.2, -0.15) is 0 Å². The zero-order valence-corrected chi connectivity index (χ0v) is 13.3. The monoisotopic (exact) mass is 302 g/mol. The molecule has 1 heterocycles. The van der Waals surface area contributed by atoms with E-state index in [4.69, 9.17) is 15.2 Å². The van der Waals surface area contributed by atoms with Crippen LogP contribution < -0.4 is 20.8 Å². The van der Waals surface area contributed by atoms with Crippen LogP contribution in [0.2, 0.25) is 0 Å². The van der Waals surface area contributed by atoms with E-state index in [1.54, 1.807) is 24.9 Å². The van der Waals surface area contributed by atoms with Gasteiger partial charge in [0.2, 0.25) is 0 Å². The molecular weight excluding hydrogens is 280 g/mol. The Morgan fingerprint density at radius 2 is 1.91 bits per heavy atom. The minimum absolute atomic E-state index is 0.0493. The number of nitrogens with two attached hydrogens (primary N) is 1. The molecule has 0 fully saturated rings. The Hall–Kier alpha value is -2.27. The van der Waals surface area contributed by atoms with E-state index in [1.807, 2.05) is 31.2 Å². The SMILES string of the molecule is CCCn1c(-c2cc(OC)ccc2OC)ccc(CN)c1=O. The minimum Gasteiger partial charge on any atom is -0.497 e. The van der Waals surface area contributed by atoms with E-state index in [1.165, 1.54) is 0 Å². The highest BCUT2D eigenvalue weighted by molar-refractivity contribution is 5.69. The van der Waals surface area contributed by atoms with Gasteiger partial charge in [0.1, 0.15) is 11.5 Å². The van der Waals surface area contributed by atoms with Crippen LogP contribution in [0, 0.1) is 0 Å². The summed E-state index contributed by atoms with van der Waals surface area (Å²) in [5.74, 6) is 1.42. The number of nitrogens with zero attached hydrogens (tertiary/aromatic N) is 1. The molecule has 0 saturated carbocycles. The number of benzene rings is 1. The molecule has 0 amide bonds. The number of pyridine rings is 1. The highest BCUT2D eigenvalue weighted by atomic mass is 16.5. The standard InChI is InChI=1S/C17H22N2O3/c1-4-9-19-15(7-5-12(11-18)17(19)20)14-10-13(21-2)6-8-16(14)22-3/h5-8,10H,4,9,11,18H2,1-3H3. The van der Waals surface area contributed by atoms with Crippen LogP contribution in [-0.4, -0.2) is 18.8 Å². The Labute approximate surface area is 130 Å². The van der Waals surface area contributed by atoms with Crippen molar-refractivity contribution in [3.8, 4) is 22.8 Å². The molecule has 0 saturated heterocycles. The summed E-state index contributed by atoms with van der Waals surface area (Å²) in [6.07, 6.45) is 0.854. The van der Waals surface area contributed by atoms with Gasteiger partial charge in [-0.15, -0.1) is 0 Å². The quantitative estimate of drug-likeness (QED) is 0.890. The third-order valence-corrected chi connectivity index (χ3v) is 3.60. The van der Waals surface area contributed by atoms with Crippen molar-refractivity contribution in [2.24, 2.45) is 5.73 Å². The van der Waals surface area contributed by atoms with Crippen LogP contribution in [-0.2, 0) is 13.1 Å².